The van der Waals surface area contributed by atoms with Crippen LogP contribution in [-0.4, -0.2) is 46.5 Å². The van der Waals surface area contributed by atoms with Crippen LogP contribution in [0.5, 0.6) is 5.75 Å². The molecule has 1 aliphatic heterocycles. The molecule has 31 heavy (non-hydrogen) atoms. The van der Waals surface area contributed by atoms with Crippen LogP contribution in [-0.2, 0) is 20.9 Å². The number of hydrogen-bond donors (Lipinski definition) is 2. The zero-order valence-electron chi connectivity index (χ0n) is 18.6. The molecule has 1 fully saturated rings. The minimum atomic E-state index is -0.886. The van der Waals surface area contributed by atoms with E-state index in [1.807, 2.05) is 6.07 Å². The minimum absolute atomic E-state index is 0.00106. The van der Waals surface area contributed by atoms with Gasteiger partial charge in [-0.1, -0.05) is 6.42 Å². The van der Waals surface area contributed by atoms with E-state index in [1.165, 1.54) is 4.90 Å². The third kappa shape index (κ3) is 5.76. The summed E-state index contributed by atoms with van der Waals surface area (Å²) < 4.78 is 11.4. The number of rotatable bonds is 7. The van der Waals surface area contributed by atoms with Crippen LogP contribution >= 0.6 is 0 Å². The van der Waals surface area contributed by atoms with Crippen LogP contribution in [0.1, 0.15) is 75.2 Å². The van der Waals surface area contributed by atoms with Crippen LogP contribution in [0.25, 0.3) is 0 Å². The molecule has 0 unspecified atom stereocenters. The van der Waals surface area contributed by atoms with Gasteiger partial charge in [0.15, 0.2) is 0 Å². The fraction of sp³-hybridized carbons (Fsp3) is 0.609. The van der Waals surface area contributed by atoms with Crippen molar-refractivity contribution in [1.29, 1.82) is 0 Å². The molecule has 8 nitrogen and oxygen atoms in total. The number of nitrogens with zero attached hydrogens (tertiary/aromatic N) is 1. The lowest BCUT2D eigenvalue weighted by molar-refractivity contribution is -0.155. The predicted molar refractivity (Wildman–Crippen MR) is 115 cm³/mol. The van der Waals surface area contributed by atoms with Crippen molar-refractivity contribution in [2.75, 3.05) is 0 Å². The molecule has 2 aliphatic rings. The third-order valence-electron chi connectivity index (χ3n) is 5.70. The Balaban J connectivity index is 1.67. The average Bonchev–Trinajstić information content (AvgIpc) is 2.98. The van der Waals surface area contributed by atoms with Crippen molar-refractivity contribution in [3.63, 3.8) is 0 Å². The lowest BCUT2D eigenvalue weighted by Gasteiger charge is -2.29. The first-order valence-electron chi connectivity index (χ1n) is 10.9. The van der Waals surface area contributed by atoms with E-state index in [4.69, 9.17) is 20.9 Å². The summed E-state index contributed by atoms with van der Waals surface area (Å²) in [5.74, 6) is -0.680. The highest BCUT2D eigenvalue weighted by Gasteiger charge is 2.36. The van der Waals surface area contributed by atoms with Crippen molar-refractivity contribution in [2.24, 2.45) is 11.5 Å². The van der Waals surface area contributed by atoms with Crippen molar-refractivity contribution in [3.8, 4) is 5.75 Å². The van der Waals surface area contributed by atoms with Gasteiger partial charge in [-0.2, -0.15) is 0 Å². The van der Waals surface area contributed by atoms with Crippen LogP contribution in [0.2, 0.25) is 0 Å². The molecule has 0 saturated heterocycles. The second-order valence-electron chi connectivity index (χ2n) is 9.40. The normalized spacial score (nSPS) is 22.1. The lowest BCUT2D eigenvalue weighted by atomic mass is 9.93. The monoisotopic (exact) mass is 431 g/mol. The molecule has 8 heteroatoms. The molecule has 1 aliphatic carbocycles. The number of fused-ring (bicyclic) bond motifs is 1. The highest BCUT2D eigenvalue weighted by Crippen LogP contribution is 2.31. The smallest absolute Gasteiger partial charge is 0.306 e. The fourth-order valence-corrected chi connectivity index (χ4v) is 4.19. The van der Waals surface area contributed by atoms with Gasteiger partial charge in [0.2, 0.25) is 5.91 Å². The van der Waals surface area contributed by atoms with Gasteiger partial charge in [-0.15, -0.1) is 0 Å². The van der Waals surface area contributed by atoms with Crippen LogP contribution in [0.4, 0.5) is 0 Å². The summed E-state index contributed by atoms with van der Waals surface area (Å²) in [7, 11) is 0. The van der Waals surface area contributed by atoms with Gasteiger partial charge in [0, 0.05) is 24.6 Å². The Bertz CT molecular complexity index is 848. The maximum atomic E-state index is 12.9. The average molecular weight is 432 g/mol. The number of hydrogen-bond acceptors (Lipinski definition) is 6. The number of carbonyl (C=O) groups is 3. The first-order valence-corrected chi connectivity index (χ1v) is 10.9. The van der Waals surface area contributed by atoms with Crippen molar-refractivity contribution in [2.45, 2.75) is 89.6 Å². The van der Waals surface area contributed by atoms with Gasteiger partial charge in [-0.05, 0) is 70.2 Å². The second kappa shape index (κ2) is 9.26. The molecule has 1 saturated carbocycles. The van der Waals surface area contributed by atoms with E-state index in [-0.39, 0.29) is 37.4 Å². The van der Waals surface area contributed by atoms with Crippen LogP contribution < -0.4 is 16.2 Å². The first-order chi connectivity index (χ1) is 14.5. The zero-order chi connectivity index (χ0) is 22.8. The van der Waals surface area contributed by atoms with Gasteiger partial charge in [0.1, 0.15) is 23.5 Å². The number of amides is 2. The Labute approximate surface area is 183 Å². The van der Waals surface area contributed by atoms with E-state index in [0.29, 0.717) is 11.3 Å². The first kappa shape index (κ1) is 23.1. The number of nitrogens with two attached hydrogens (primary N) is 2. The Morgan fingerprint density at radius 1 is 1.23 bits per heavy atom. The van der Waals surface area contributed by atoms with Gasteiger partial charge in [-0.25, -0.2) is 0 Å². The number of benzene rings is 1. The fourth-order valence-electron chi connectivity index (χ4n) is 4.19. The molecule has 1 aromatic carbocycles. The highest BCUT2D eigenvalue weighted by molar-refractivity contribution is 6.01. The van der Waals surface area contributed by atoms with Gasteiger partial charge in [-0.3, -0.25) is 14.4 Å². The molecule has 4 N–H and O–H groups in total. The van der Waals surface area contributed by atoms with E-state index < -0.39 is 23.5 Å². The molecular formula is C23H33N3O5. The summed E-state index contributed by atoms with van der Waals surface area (Å²) in [5, 5.41) is 0. The molecule has 170 valence electrons. The van der Waals surface area contributed by atoms with Gasteiger partial charge < -0.3 is 25.8 Å². The maximum absolute atomic E-state index is 12.9. The largest absolute Gasteiger partial charge is 0.489 e. The molecule has 3 rings (SSSR count). The van der Waals surface area contributed by atoms with Gasteiger partial charge in [0.25, 0.3) is 5.91 Å². The summed E-state index contributed by atoms with van der Waals surface area (Å²) >= 11 is 0. The topological polar surface area (TPSA) is 125 Å². The molecule has 0 radical (unpaired) electrons. The van der Waals surface area contributed by atoms with E-state index in [0.717, 1.165) is 31.2 Å². The predicted octanol–water partition coefficient (Wildman–Crippen LogP) is 2.27. The van der Waals surface area contributed by atoms with Crippen LogP contribution in [0.3, 0.4) is 0 Å². The summed E-state index contributed by atoms with van der Waals surface area (Å²) in [5.41, 5.74) is 12.4. The van der Waals surface area contributed by atoms with Crippen molar-refractivity contribution in [3.05, 3.63) is 29.3 Å². The molecule has 0 bridgehead atoms. The molecule has 0 aromatic heterocycles. The van der Waals surface area contributed by atoms with Crippen molar-refractivity contribution in [1.82, 2.24) is 4.90 Å². The number of ether oxygens (including phenoxy) is 2. The van der Waals surface area contributed by atoms with Gasteiger partial charge >= 0.3 is 5.97 Å². The minimum Gasteiger partial charge on any atom is -0.489 e. The summed E-state index contributed by atoms with van der Waals surface area (Å²) in [6.07, 6.45) is 4.15. The quantitative estimate of drug-likeness (QED) is 0.638. The highest BCUT2D eigenvalue weighted by atomic mass is 16.6. The second-order valence-corrected chi connectivity index (χ2v) is 9.40. The Kier molecular flexibility index (Phi) is 6.89. The number of primary amides is 1. The summed E-state index contributed by atoms with van der Waals surface area (Å²) in [6.45, 7) is 5.56. The van der Waals surface area contributed by atoms with Crippen LogP contribution in [0.15, 0.2) is 18.2 Å². The Morgan fingerprint density at radius 2 is 1.94 bits per heavy atom. The SMILES string of the molecule is CC(C)(C)OC(=O)CC[C@@H](C(N)=O)N1Cc2cc(O[C@H]3CCCC[C@@H]3N)ccc2C1=O. The number of esters is 1. The maximum Gasteiger partial charge on any atom is 0.306 e. The standard InChI is InChI=1S/C23H33N3O5/c1-23(2,3)31-20(27)11-10-18(21(25)28)26-13-14-12-15(8-9-16(14)22(26)29)30-19-7-5-4-6-17(19)24/h8-9,12,17-19H,4-7,10-11,13,24H2,1-3H3,(H2,25,28)/t17-,18-,19-/m0/s1. The third-order valence-corrected chi connectivity index (χ3v) is 5.70. The van der Waals surface area contributed by atoms with Crippen molar-refractivity contribution >= 4 is 17.8 Å². The van der Waals surface area contributed by atoms with E-state index in [2.05, 4.69) is 0 Å². The number of carbonyl (C=O) groups excluding carboxylic acids is 3. The molecule has 0 spiro atoms. The molecule has 1 heterocycles. The lowest BCUT2D eigenvalue weighted by Crippen LogP contribution is -2.45. The molecule has 2 amide bonds. The Hall–Kier alpha value is -2.61. The van der Waals surface area contributed by atoms with E-state index in [1.54, 1.807) is 32.9 Å². The summed E-state index contributed by atoms with van der Waals surface area (Å²) in [4.78, 5) is 38.5. The molecule has 3 atom stereocenters. The van der Waals surface area contributed by atoms with Gasteiger partial charge in [0.05, 0.1) is 0 Å². The molecule has 1 aromatic rings. The van der Waals surface area contributed by atoms with Crippen LogP contribution in [0, 0.1) is 0 Å². The molecular weight excluding hydrogens is 398 g/mol. The van der Waals surface area contributed by atoms with E-state index >= 15 is 0 Å². The van der Waals surface area contributed by atoms with Crippen molar-refractivity contribution < 1.29 is 23.9 Å². The zero-order valence-corrected chi connectivity index (χ0v) is 18.6. The summed E-state index contributed by atoms with van der Waals surface area (Å²) in [6, 6.07) is 4.44. The Morgan fingerprint density at radius 3 is 2.58 bits per heavy atom. The van der Waals surface area contributed by atoms with E-state index in [9.17, 15) is 14.4 Å².